The average molecular weight is 214 g/mol. The fourth-order valence-corrected chi connectivity index (χ4v) is 1.78. The highest BCUT2D eigenvalue weighted by Gasteiger charge is 2.26. The monoisotopic (exact) mass is 213 g/mol. The topological polar surface area (TPSA) is 36.8 Å². The van der Waals surface area contributed by atoms with E-state index < -0.39 is 0 Å². The maximum atomic E-state index is 4.18. The molecule has 2 rings (SSSR count). The van der Waals surface area contributed by atoms with Gasteiger partial charge in [0.05, 0.1) is 11.6 Å². The number of hydrazone groups is 1. The van der Waals surface area contributed by atoms with Gasteiger partial charge in [0.15, 0.2) is 0 Å². The molecule has 2 aliphatic rings. The van der Waals surface area contributed by atoms with E-state index in [0.29, 0.717) is 5.92 Å². The number of aliphatic imine (C=N–C) groups is 1. The van der Waals surface area contributed by atoms with Gasteiger partial charge in [0.25, 0.3) is 0 Å². The molecule has 11 heavy (non-hydrogen) atoms. The van der Waals surface area contributed by atoms with Crippen molar-refractivity contribution in [1.82, 2.24) is 5.43 Å². The van der Waals surface area contributed by atoms with E-state index in [2.05, 4.69) is 37.5 Å². The Balaban J connectivity index is 2.23. The van der Waals surface area contributed by atoms with Crippen LogP contribution >= 0.6 is 15.9 Å². The number of nitrogens with one attached hydrogen (secondary N) is 1. The fraction of sp³-hybridized carbons (Fsp3) is 0.429. The summed E-state index contributed by atoms with van der Waals surface area (Å²) < 4.78 is 0. The van der Waals surface area contributed by atoms with Crippen LogP contribution < -0.4 is 5.43 Å². The maximum Gasteiger partial charge on any atom is 0.131 e. The van der Waals surface area contributed by atoms with Crippen molar-refractivity contribution in [3.8, 4) is 0 Å². The molecule has 0 amide bonds. The lowest BCUT2D eigenvalue weighted by Gasteiger charge is -2.10. The van der Waals surface area contributed by atoms with Gasteiger partial charge < -0.3 is 0 Å². The van der Waals surface area contributed by atoms with Gasteiger partial charge in [0.2, 0.25) is 0 Å². The molecule has 0 saturated heterocycles. The average Bonchev–Trinajstić information content (AvgIpc) is 2.47. The lowest BCUT2D eigenvalue weighted by Crippen LogP contribution is -2.24. The predicted molar refractivity (Wildman–Crippen MR) is 49.0 cm³/mol. The van der Waals surface area contributed by atoms with E-state index in [0.717, 1.165) is 23.3 Å². The third-order valence-corrected chi connectivity index (χ3v) is 2.45. The smallest absolute Gasteiger partial charge is 0.131 e. The van der Waals surface area contributed by atoms with Crippen molar-refractivity contribution in [3.63, 3.8) is 0 Å². The minimum atomic E-state index is 0.402. The quantitative estimate of drug-likeness (QED) is 0.655. The van der Waals surface area contributed by atoms with Gasteiger partial charge in [0.1, 0.15) is 5.84 Å². The number of rotatable bonds is 1. The van der Waals surface area contributed by atoms with Crippen molar-refractivity contribution in [3.05, 3.63) is 12.3 Å². The van der Waals surface area contributed by atoms with Crippen LogP contribution in [-0.2, 0) is 0 Å². The van der Waals surface area contributed by atoms with Crippen LogP contribution in [0.3, 0.4) is 0 Å². The zero-order valence-electron chi connectivity index (χ0n) is 5.92. The van der Waals surface area contributed by atoms with Crippen LogP contribution in [0.5, 0.6) is 0 Å². The molecule has 0 radical (unpaired) electrons. The Kier molecular flexibility index (Phi) is 1.77. The van der Waals surface area contributed by atoms with Gasteiger partial charge in [-0.25, -0.2) is 4.99 Å². The van der Waals surface area contributed by atoms with E-state index in [9.17, 15) is 0 Å². The van der Waals surface area contributed by atoms with Crippen LogP contribution in [0.15, 0.2) is 22.4 Å². The highest BCUT2D eigenvalue weighted by Crippen LogP contribution is 2.18. The summed E-state index contributed by atoms with van der Waals surface area (Å²) in [4.78, 5) is 4.18. The number of fused-ring (bicyclic) bond motifs is 1. The summed E-state index contributed by atoms with van der Waals surface area (Å²) in [6, 6.07) is 0. The molecular weight excluding hydrogens is 206 g/mol. The number of allylic oxidation sites excluding steroid dienone is 1. The molecule has 3 nitrogen and oxygen atoms in total. The Morgan fingerprint density at radius 2 is 2.64 bits per heavy atom. The van der Waals surface area contributed by atoms with Gasteiger partial charge in [-0.1, -0.05) is 22.0 Å². The number of amidine groups is 1. The Hall–Kier alpha value is -0.640. The fourth-order valence-electron chi connectivity index (χ4n) is 1.26. The van der Waals surface area contributed by atoms with Crippen LogP contribution in [-0.4, -0.2) is 16.9 Å². The third-order valence-electron chi connectivity index (χ3n) is 1.87. The number of nitrogens with zero attached hydrogens (tertiary/aromatic N) is 2. The first-order valence-electron chi connectivity index (χ1n) is 3.53. The van der Waals surface area contributed by atoms with E-state index >= 15 is 0 Å². The van der Waals surface area contributed by atoms with E-state index in [1.807, 2.05) is 6.20 Å². The molecule has 0 fully saturated rings. The van der Waals surface area contributed by atoms with Crippen molar-refractivity contribution in [1.29, 1.82) is 0 Å². The van der Waals surface area contributed by atoms with Crippen LogP contribution in [0.2, 0.25) is 0 Å². The first kappa shape index (κ1) is 7.03. The van der Waals surface area contributed by atoms with Crippen LogP contribution in [0, 0.1) is 5.92 Å². The molecule has 0 saturated carbocycles. The second-order valence-corrected chi connectivity index (χ2v) is 3.10. The molecule has 0 bridgehead atoms. The maximum absolute atomic E-state index is 4.18. The van der Waals surface area contributed by atoms with E-state index in [-0.39, 0.29) is 0 Å². The summed E-state index contributed by atoms with van der Waals surface area (Å²) in [5.74, 6) is 1.39. The highest BCUT2D eigenvalue weighted by molar-refractivity contribution is 9.09. The molecule has 1 N–H and O–H groups in total. The minimum absolute atomic E-state index is 0.402. The molecule has 2 aliphatic heterocycles. The van der Waals surface area contributed by atoms with Crippen LogP contribution in [0.4, 0.5) is 0 Å². The first-order valence-corrected chi connectivity index (χ1v) is 4.65. The van der Waals surface area contributed by atoms with Gasteiger partial charge in [-0.2, -0.15) is 5.10 Å². The Morgan fingerprint density at radius 1 is 1.73 bits per heavy atom. The van der Waals surface area contributed by atoms with Gasteiger partial charge in [-0.3, -0.25) is 5.43 Å². The second-order valence-electron chi connectivity index (χ2n) is 2.54. The predicted octanol–water partition coefficient (Wildman–Crippen LogP) is 1.27. The number of alkyl halides is 1. The van der Waals surface area contributed by atoms with Crippen molar-refractivity contribution in [2.24, 2.45) is 16.0 Å². The summed E-state index contributed by atoms with van der Waals surface area (Å²) in [5.41, 5.74) is 4.06. The molecule has 0 aromatic heterocycles. The highest BCUT2D eigenvalue weighted by atomic mass is 79.9. The van der Waals surface area contributed by atoms with Crippen molar-refractivity contribution in [2.75, 3.05) is 5.33 Å². The molecule has 0 aromatic carbocycles. The van der Waals surface area contributed by atoms with Gasteiger partial charge in [0, 0.05) is 11.5 Å². The molecule has 0 spiro atoms. The number of hydrogen-bond acceptors (Lipinski definition) is 3. The van der Waals surface area contributed by atoms with Gasteiger partial charge >= 0.3 is 0 Å². The summed E-state index contributed by atoms with van der Waals surface area (Å²) in [6.07, 6.45) is 4.92. The molecular formula is C7H8BrN3. The van der Waals surface area contributed by atoms with Crippen LogP contribution in [0.25, 0.3) is 0 Å². The van der Waals surface area contributed by atoms with Crippen molar-refractivity contribution in [2.45, 2.75) is 6.42 Å². The molecule has 1 unspecified atom stereocenters. The molecule has 58 valence electrons. The summed E-state index contributed by atoms with van der Waals surface area (Å²) in [7, 11) is 0. The molecule has 1 atom stereocenters. The lowest BCUT2D eigenvalue weighted by atomic mass is 9.99. The zero-order valence-corrected chi connectivity index (χ0v) is 7.50. The third kappa shape index (κ3) is 1.11. The molecule has 2 heterocycles. The lowest BCUT2D eigenvalue weighted by molar-refractivity contribution is 0.897. The summed E-state index contributed by atoms with van der Waals surface area (Å²) >= 11 is 3.39. The standard InChI is InChI=1S/C7H8BrN3/c8-4-6-5-2-1-3-9-7(5)11-10-6/h1,3,5H,2,4H2,(H,9,11). The Morgan fingerprint density at radius 3 is 3.45 bits per heavy atom. The largest absolute Gasteiger partial charge is 0.264 e. The second kappa shape index (κ2) is 2.77. The Labute approximate surface area is 73.4 Å². The van der Waals surface area contributed by atoms with E-state index in [1.165, 1.54) is 0 Å². The molecule has 4 heteroatoms. The molecule has 0 aromatic rings. The first-order chi connectivity index (χ1) is 5.42. The van der Waals surface area contributed by atoms with Crippen molar-refractivity contribution >= 4 is 27.5 Å². The van der Waals surface area contributed by atoms with Crippen LogP contribution in [0.1, 0.15) is 6.42 Å². The normalized spacial score (nSPS) is 27.2. The summed E-state index contributed by atoms with van der Waals surface area (Å²) in [6.45, 7) is 0. The van der Waals surface area contributed by atoms with Gasteiger partial charge in [-0.05, 0) is 6.42 Å². The van der Waals surface area contributed by atoms with Gasteiger partial charge in [-0.15, -0.1) is 0 Å². The molecule has 0 aliphatic carbocycles. The zero-order chi connectivity index (χ0) is 7.68. The SMILES string of the molecule is BrCC1=NNC2=NC=CCC12. The minimum Gasteiger partial charge on any atom is -0.264 e. The summed E-state index contributed by atoms with van der Waals surface area (Å²) in [5, 5.41) is 4.98. The Bertz CT molecular complexity index is 254. The van der Waals surface area contributed by atoms with Crippen molar-refractivity contribution < 1.29 is 0 Å². The van der Waals surface area contributed by atoms with E-state index in [1.54, 1.807) is 0 Å². The number of hydrogen-bond donors (Lipinski definition) is 1. The van der Waals surface area contributed by atoms with E-state index in [4.69, 9.17) is 0 Å². The number of halogens is 1.